The number of hydrogen-bond acceptors (Lipinski definition) is 3. The molecule has 4 nitrogen and oxygen atoms in total. The minimum atomic E-state index is -0.300. The fourth-order valence-electron chi connectivity index (χ4n) is 2.86. The topological polar surface area (TPSA) is 58.2 Å². The van der Waals surface area contributed by atoms with E-state index in [1.54, 1.807) is 12.1 Å². The van der Waals surface area contributed by atoms with Gasteiger partial charge in [-0.15, -0.1) is 11.3 Å². The number of benzene rings is 1. The lowest BCUT2D eigenvalue weighted by Gasteiger charge is -2.16. The Morgan fingerprint density at radius 3 is 2.88 bits per heavy atom. The van der Waals surface area contributed by atoms with Gasteiger partial charge in [0.1, 0.15) is 0 Å². The average Bonchev–Trinajstić information content (AvgIpc) is 2.98. The van der Waals surface area contributed by atoms with E-state index in [4.69, 9.17) is 11.6 Å². The molecule has 1 aliphatic carbocycles. The highest BCUT2D eigenvalue weighted by Gasteiger charge is 2.20. The van der Waals surface area contributed by atoms with Crippen molar-refractivity contribution < 1.29 is 9.59 Å². The molecule has 126 valence electrons. The second-order valence-corrected chi connectivity index (χ2v) is 7.72. The first-order chi connectivity index (χ1) is 11.5. The van der Waals surface area contributed by atoms with Gasteiger partial charge in [-0.05, 0) is 48.4 Å². The summed E-state index contributed by atoms with van der Waals surface area (Å²) in [5, 5.41) is 0.541. The van der Waals surface area contributed by atoms with Gasteiger partial charge in [-0.2, -0.15) is 0 Å². The smallest absolute Gasteiger partial charge is 0.273 e. The van der Waals surface area contributed by atoms with Crippen LogP contribution in [0.4, 0.5) is 0 Å². The molecule has 24 heavy (non-hydrogen) atoms. The van der Waals surface area contributed by atoms with Gasteiger partial charge in [-0.3, -0.25) is 20.4 Å². The molecule has 0 spiro atoms. The number of aryl methyl sites for hydroxylation is 1. The maximum atomic E-state index is 12.2. The first-order valence-corrected chi connectivity index (χ1v) is 9.16. The van der Waals surface area contributed by atoms with E-state index in [0.717, 1.165) is 18.4 Å². The first-order valence-electron chi connectivity index (χ1n) is 7.97. The number of halogens is 1. The molecule has 0 saturated heterocycles. The van der Waals surface area contributed by atoms with Crippen molar-refractivity contribution >= 4 is 34.8 Å². The van der Waals surface area contributed by atoms with Crippen LogP contribution in [0.2, 0.25) is 5.02 Å². The van der Waals surface area contributed by atoms with Crippen LogP contribution in [0.15, 0.2) is 30.3 Å². The molecular weight excluding hydrogens is 344 g/mol. The van der Waals surface area contributed by atoms with Crippen molar-refractivity contribution in [3.05, 3.63) is 56.2 Å². The summed E-state index contributed by atoms with van der Waals surface area (Å²) in [6.07, 6.45) is 3.35. The lowest BCUT2D eigenvalue weighted by atomic mass is 9.90. The van der Waals surface area contributed by atoms with E-state index in [-0.39, 0.29) is 18.2 Å². The Bertz CT molecular complexity index is 772. The predicted octanol–water partition coefficient (Wildman–Crippen LogP) is 3.53. The molecule has 2 amide bonds. The van der Waals surface area contributed by atoms with E-state index < -0.39 is 0 Å². The van der Waals surface area contributed by atoms with Crippen molar-refractivity contribution in [1.29, 1.82) is 0 Å². The summed E-state index contributed by atoms with van der Waals surface area (Å²) >= 11 is 7.55. The summed E-state index contributed by atoms with van der Waals surface area (Å²) in [5.41, 5.74) is 6.94. The molecule has 1 atom stereocenters. The van der Waals surface area contributed by atoms with Crippen molar-refractivity contribution in [3.8, 4) is 0 Å². The third-order valence-corrected chi connectivity index (χ3v) is 5.78. The van der Waals surface area contributed by atoms with Gasteiger partial charge >= 0.3 is 0 Å². The SMILES string of the molecule is CC1CCc2sc(C(=O)NNC(=O)Cc3ccccc3Cl)cc2C1. The lowest BCUT2D eigenvalue weighted by molar-refractivity contribution is -0.121. The standard InChI is InChI=1S/C18H19ClN2O2S/c1-11-6-7-15-13(8-11)9-16(24-15)18(23)21-20-17(22)10-12-4-2-3-5-14(12)19/h2-5,9,11H,6-8,10H2,1H3,(H,20,22)(H,21,23). The number of rotatable bonds is 3. The van der Waals surface area contributed by atoms with E-state index in [2.05, 4.69) is 17.8 Å². The Morgan fingerprint density at radius 2 is 2.08 bits per heavy atom. The van der Waals surface area contributed by atoms with Crippen LogP contribution in [0.3, 0.4) is 0 Å². The number of carbonyl (C=O) groups excluding carboxylic acids is 2. The summed E-state index contributed by atoms with van der Waals surface area (Å²) in [7, 11) is 0. The number of fused-ring (bicyclic) bond motifs is 1. The minimum Gasteiger partial charge on any atom is -0.273 e. The van der Waals surface area contributed by atoms with Crippen molar-refractivity contribution in [2.45, 2.75) is 32.6 Å². The monoisotopic (exact) mass is 362 g/mol. The van der Waals surface area contributed by atoms with Crippen molar-refractivity contribution in [3.63, 3.8) is 0 Å². The van der Waals surface area contributed by atoms with Crippen LogP contribution in [0.1, 0.15) is 39.0 Å². The Morgan fingerprint density at radius 1 is 1.29 bits per heavy atom. The van der Waals surface area contributed by atoms with Crippen molar-refractivity contribution in [2.24, 2.45) is 5.92 Å². The quantitative estimate of drug-likeness (QED) is 0.820. The number of thiophene rings is 1. The van der Waals surface area contributed by atoms with Gasteiger partial charge in [0.05, 0.1) is 11.3 Å². The zero-order valence-corrected chi connectivity index (χ0v) is 15.0. The van der Waals surface area contributed by atoms with Gasteiger partial charge in [0.25, 0.3) is 5.91 Å². The third kappa shape index (κ3) is 3.97. The van der Waals surface area contributed by atoms with Crippen LogP contribution in [-0.2, 0) is 24.1 Å². The molecule has 0 saturated carbocycles. The fraction of sp³-hybridized carbons (Fsp3) is 0.333. The van der Waals surface area contributed by atoms with Crippen LogP contribution in [0.5, 0.6) is 0 Å². The molecule has 0 bridgehead atoms. The van der Waals surface area contributed by atoms with Crippen molar-refractivity contribution in [1.82, 2.24) is 10.9 Å². The Labute approximate surface area is 150 Å². The maximum Gasteiger partial charge on any atom is 0.279 e. The third-order valence-electron chi connectivity index (χ3n) is 4.18. The van der Waals surface area contributed by atoms with Gasteiger partial charge < -0.3 is 0 Å². The largest absolute Gasteiger partial charge is 0.279 e. The van der Waals surface area contributed by atoms with Gasteiger partial charge in [-0.25, -0.2) is 0 Å². The zero-order valence-electron chi connectivity index (χ0n) is 13.4. The summed E-state index contributed by atoms with van der Waals surface area (Å²) in [6, 6.07) is 9.11. The second-order valence-electron chi connectivity index (χ2n) is 6.18. The lowest BCUT2D eigenvalue weighted by Crippen LogP contribution is -2.42. The molecule has 0 radical (unpaired) electrons. The van der Waals surface area contributed by atoms with Gasteiger partial charge in [0.2, 0.25) is 5.91 Å². The van der Waals surface area contributed by atoms with Crippen LogP contribution in [-0.4, -0.2) is 11.8 Å². The highest BCUT2D eigenvalue weighted by Crippen LogP contribution is 2.32. The Hall–Kier alpha value is -1.85. The zero-order chi connectivity index (χ0) is 17.1. The molecular formula is C18H19ClN2O2S. The molecule has 1 aromatic heterocycles. The van der Waals surface area contributed by atoms with E-state index in [1.165, 1.54) is 28.2 Å². The van der Waals surface area contributed by atoms with Crippen LogP contribution in [0, 0.1) is 5.92 Å². The number of hydrazine groups is 1. The molecule has 3 rings (SSSR count). The van der Waals surface area contributed by atoms with Gasteiger partial charge in [0, 0.05) is 9.90 Å². The minimum absolute atomic E-state index is 0.123. The number of carbonyl (C=O) groups is 2. The predicted molar refractivity (Wildman–Crippen MR) is 96.3 cm³/mol. The molecule has 2 aromatic rings. The molecule has 1 unspecified atom stereocenters. The molecule has 1 aromatic carbocycles. The molecule has 0 aliphatic heterocycles. The van der Waals surface area contributed by atoms with E-state index in [1.807, 2.05) is 18.2 Å². The van der Waals surface area contributed by atoms with Gasteiger partial charge in [0.15, 0.2) is 0 Å². The van der Waals surface area contributed by atoms with Crippen LogP contribution in [0.25, 0.3) is 0 Å². The molecule has 2 N–H and O–H groups in total. The van der Waals surface area contributed by atoms with Crippen LogP contribution < -0.4 is 10.9 Å². The first kappa shape index (κ1) is 17.0. The molecule has 1 heterocycles. The van der Waals surface area contributed by atoms with Gasteiger partial charge in [-0.1, -0.05) is 36.7 Å². The summed E-state index contributed by atoms with van der Waals surface area (Å²) in [5.74, 6) is 0.0966. The van der Waals surface area contributed by atoms with Crippen LogP contribution >= 0.6 is 22.9 Å². The second kappa shape index (κ2) is 7.36. The van der Waals surface area contributed by atoms with E-state index in [0.29, 0.717) is 15.8 Å². The molecule has 1 aliphatic rings. The fourth-order valence-corrected chi connectivity index (χ4v) is 4.17. The molecule has 0 fully saturated rings. The van der Waals surface area contributed by atoms with E-state index >= 15 is 0 Å². The highest BCUT2D eigenvalue weighted by atomic mass is 35.5. The summed E-state index contributed by atoms with van der Waals surface area (Å²) in [6.45, 7) is 2.23. The summed E-state index contributed by atoms with van der Waals surface area (Å²) < 4.78 is 0. The summed E-state index contributed by atoms with van der Waals surface area (Å²) in [4.78, 5) is 26.1. The number of hydrogen-bond donors (Lipinski definition) is 2. The van der Waals surface area contributed by atoms with E-state index in [9.17, 15) is 9.59 Å². The number of amides is 2. The average molecular weight is 363 g/mol. The normalized spacial score (nSPS) is 16.3. The Balaban J connectivity index is 1.56. The highest BCUT2D eigenvalue weighted by molar-refractivity contribution is 7.14. The number of nitrogens with one attached hydrogen (secondary N) is 2. The maximum absolute atomic E-state index is 12.2. The molecule has 6 heteroatoms. The Kier molecular flexibility index (Phi) is 5.21. The van der Waals surface area contributed by atoms with Crippen molar-refractivity contribution in [2.75, 3.05) is 0 Å².